The van der Waals surface area contributed by atoms with E-state index in [1.54, 1.807) is 18.3 Å². The third-order valence-electron chi connectivity index (χ3n) is 4.49. The second kappa shape index (κ2) is 9.18. The van der Waals surface area contributed by atoms with Gasteiger partial charge in [-0.05, 0) is 37.7 Å². The largest absolute Gasteiger partial charge is 0.390 e. The van der Waals surface area contributed by atoms with Crippen molar-refractivity contribution in [3.63, 3.8) is 0 Å². The number of hydrogen-bond acceptors (Lipinski definition) is 4. The van der Waals surface area contributed by atoms with Crippen molar-refractivity contribution >= 4 is 5.91 Å². The lowest BCUT2D eigenvalue weighted by atomic mass is 10.0. The molecule has 0 radical (unpaired) electrons. The molecule has 0 saturated heterocycles. The van der Waals surface area contributed by atoms with Crippen molar-refractivity contribution in [1.82, 2.24) is 15.2 Å². The van der Waals surface area contributed by atoms with E-state index in [1.807, 2.05) is 32.9 Å². The van der Waals surface area contributed by atoms with Gasteiger partial charge in [0.2, 0.25) is 0 Å². The Kier molecular flexibility index (Phi) is 6.96. The molecule has 0 aliphatic rings. The first-order valence-electron chi connectivity index (χ1n) is 8.87. The van der Waals surface area contributed by atoms with E-state index in [2.05, 4.69) is 21.3 Å². The molecule has 0 bridgehead atoms. The number of likely N-dealkylation sites (N-methyl/N-ethyl adjacent to an activating group) is 1. The molecule has 1 aromatic carbocycles. The average Bonchev–Trinajstić information content (AvgIpc) is 3.05. The fourth-order valence-electron chi connectivity index (χ4n) is 2.91. The van der Waals surface area contributed by atoms with Crippen LogP contribution in [0.15, 0.2) is 30.5 Å². The van der Waals surface area contributed by atoms with Gasteiger partial charge >= 0.3 is 0 Å². The number of nitrogens with one attached hydrogen (secondary N) is 2. The van der Waals surface area contributed by atoms with E-state index < -0.39 is 6.10 Å². The van der Waals surface area contributed by atoms with E-state index >= 15 is 0 Å². The lowest BCUT2D eigenvalue weighted by Crippen LogP contribution is -2.40. The molecule has 3 N–H and O–H groups in total. The van der Waals surface area contributed by atoms with Crippen molar-refractivity contribution in [2.45, 2.75) is 26.9 Å². The smallest absolute Gasteiger partial charge is 0.253 e. The van der Waals surface area contributed by atoms with Gasteiger partial charge in [-0.2, -0.15) is 5.26 Å². The number of benzene rings is 1. The highest BCUT2D eigenvalue weighted by Gasteiger charge is 2.19. The van der Waals surface area contributed by atoms with E-state index in [0.717, 1.165) is 29.9 Å². The number of aliphatic hydroxyl groups excluding tert-OH is 1. The summed E-state index contributed by atoms with van der Waals surface area (Å²) in [6.07, 6.45) is 1.18. The highest BCUT2D eigenvalue weighted by molar-refractivity contribution is 6.02. The van der Waals surface area contributed by atoms with Gasteiger partial charge in [0.25, 0.3) is 5.91 Å². The van der Waals surface area contributed by atoms with Gasteiger partial charge in [-0.15, -0.1) is 0 Å². The Morgan fingerprint density at radius 2 is 1.96 bits per heavy atom. The number of H-pyrrole nitrogens is 1. The van der Waals surface area contributed by atoms with Crippen LogP contribution in [0.3, 0.4) is 0 Å². The number of carbonyl (C=O) groups excluding carboxylic acids is 1. The van der Waals surface area contributed by atoms with E-state index in [9.17, 15) is 9.90 Å². The first-order valence-corrected chi connectivity index (χ1v) is 8.87. The van der Waals surface area contributed by atoms with Gasteiger partial charge in [0, 0.05) is 30.5 Å². The standard InChI is InChI=1S/C20H26N4O2/c1-4-24(5-2)13-17(25)11-23-20(26)19-14(3)22-12-18(19)16-8-6-15(10-21)7-9-16/h6-9,12,17,22,25H,4-5,11,13H2,1-3H3,(H,23,26). The maximum absolute atomic E-state index is 12.7. The van der Waals surface area contributed by atoms with Crippen LogP contribution in [0.25, 0.3) is 11.1 Å². The van der Waals surface area contributed by atoms with Crippen LogP contribution >= 0.6 is 0 Å². The van der Waals surface area contributed by atoms with Crippen molar-refractivity contribution in [3.05, 3.63) is 47.3 Å². The molecule has 138 valence electrons. The topological polar surface area (TPSA) is 92.2 Å². The van der Waals surface area contributed by atoms with Crippen molar-refractivity contribution in [2.24, 2.45) is 0 Å². The van der Waals surface area contributed by atoms with Gasteiger partial charge in [0.1, 0.15) is 0 Å². The Morgan fingerprint density at radius 3 is 2.54 bits per heavy atom. The summed E-state index contributed by atoms with van der Waals surface area (Å²) in [6.45, 7) is 8.38. The maximum atomic E-state index is 12.7. The van der Waals surface area contributed by atoms with Gasteiger partial charge < -0.3 is 20.3 Å². The van der Waals surface area contributed by atoms with Crippen LogP contribution in [0.5, 0.6) is 0 Å². The molecule has 1 aromatic heterocycles. The molecule has 6 heteroatoms. The van der Waals surface area contributed by atoms with Crippen LogP contribution in [0, 0.1) is 18.3 Å². The first-order chi connectivity index (χ1) is 12.5. The minimum absolute atomic E-state index is 0.201. The Morgan fingerprint density at radius 1 is 1.31 bits per heavy atom. The van der Waals surface area contributed by atoms with E-state index in [0.29, 0.717) is 17.7 Å². The Labute approximate surface area is 154 Å². The van der Waals surface area contributed by atoms with Crippen LogP contribution in [0.2, 0.25) is 0 Å². The van der Waals surface area contributed by atoms with E-state index in [-0.39, 0.29) is 12.5 Å². The summed E-state index contributed by atoms with van der Waals surface area (Å²) in [5.41, 5.74) is 3.54. The number of hydrogen-bond donors (Lipinski definition) is 3. The molecular weight excluding hydrogens is 328 g/mol. The van der Waals surface area contributed by atoms with Gasteiger partial charge in [-0.25, -0.2) is 0 Å². The van der Waals surface area contributed by atoms with Gasteiger partial charge in [0.05, 0.1) is 23.3 Å². The van der Waals surface area contributed by atoms with Crippen LogP contribution in [-0.2, 0) is 0 Å². The second-order valence-corrected chi connectivity index (χ2v) is 6.24. The summed E-state index contributed by atoms with van der Waals surface area (Å²) in [7, 11) is 0. The maximum Gasteiger partial charge on any atom is 0.253 e. The Balaban J connectivity index is 2.09. The summed E-state index contributed by atoms with van der Waals surface area (Å²) in [5.74, 6) is -0.221. The molecule has 0 fully saturated rings. The van der Waals surface area contributed by atoms with Crippen LogP contribution in [0.4, 0.5) is 0 Å². The van der Waals surface area contributed by atoms with E-state index in [1.165, 1.54) is 0 Å². The number of aliphatic hydroxyl groups is 1. The molecule has 26 heavy (non-hydrogen) atoms. The number of aromatic nitrogens is 1. The molecule has 0 aliphatic carbocycles. The SMILES string of the molecule is CCN(CC)CC(O)CNC(=O)c1c(-c2ccc(C#N)cc2)c[nH]c1C. The molecule has 6 nitrogen and oxygen atoms in total. The molecule has 1 unspecified atom stereocenters. The van der Waals surface area contributed by atoms with Crippen LogP contribution in [-0.4, -0.2) is 53.2 Å². The zero-order chi connectivity index (χ0) is 19.1. The zero-order valence-corrected chi connectivity index (χ0v) is 15.5. The number of amides is 1. The fourth-order valence-corrected chi connectivity index (χ4v) is 2.91. The highest BCUT2D eigenvalue weighted by atomic mass is 16.3. The minimum atomic E-state index is -0.614. The summed E-state index contributed by atoms with van der Waals surface area (Å²) >= 11 is 0. The molecule has 1 heterocycles. The average molecular weight is 354 g/mol. The third kappa shape index (κ3) is 4.72. The summed E-state index contributed by atoms with van der Waals surface area (Å²) in [5, 5.41) is 21.9. The monoisotopic (exact) mass is 354 g/mol. The molecule has 0 spiro atoms. The number of aromatic amines is 1. The zero-order valence-electron chi connectivity index (χ0n) is 15.5. The number of aryl methyl sites for hydroxylation is 1. The summed E-state index contributed by atoms with van der Waals surface area (Å²) in [4.78, 5) is 17.9. The summed E-state index contributed by atoms with van der Waals surface area (Å²) < 4.78 is 0. The highest BCUT2D eigenvalue weighted by Crippen LogP contribution is 2.26. The molecule has 1 amide bonds. The predicted octanol–water partition coefficient (Wildman–Crippen LogP) is 2.29. The molecule has 0 saturated carbocycles. The lowest BCUT2D eigenvalue weighted by Gasteiger charge is -2.22. The molecule has 2 rings (SSSR count). The quantitative estimate of drug-likeness (QED) is 0.678. The van der Waals surface area contributed by atoms with Crippen molar-refractivity contribution < 1.29 is 9.90 Å². The number of carbonyl (C=O) groups is 1. The van der Waals surface area contributed by atoms with Gasteiger partial charge in [-0.3, -0.25) is 4.79 Å². The third-order valence-corrected chi connectivity index (χ3v) is 4.49. The van der Waals surface area contributed by atoms with Crippen molar-refractivity contribution in [1.29, 1.82) is 5.26 Å². The fraction of sp³-hybridized carbons (Fsp3) is 0.400. The Bertz CT molecular complexity index is 770. The predicted molar refractivity (Wildman–Crippen MR) is 102 cm³/mol. The van der Waals surface area contributed by atoms with E-state index in [4.69, 9.17) is 5.26 Å². The van der Waals surface area contributed by atoms with Crippen LogP contribution < -0.4 is 5.32 Å². The van der Waals surface area contributed by atoms with Crippen molar-refractivity contribution in [2.75, 3.05) is 26.2 Å². The normalized spacial score (nSPS) is 12.0. The van der Waals surface area contributed by atoms with Crippen LogP contribution in [0.1, 0.15) is 35.5 Å². The summed E-state index contributed by atoms with van der Waals surface area (Å²) in [6, 6.07) is 9.20. The molecule has 1 atom stereocenters. The lowest BCUT2D eigenvalue weighted by molar-refractivity contribution is 0.0869. The molecule has 0 aliphatic heterocycles. The van der Waals surface area contributed by atoms with Gasteiger partial charge in [0.15, 0.2) is 0 Å². The molecular formula is C20H26N4O2. The second-order valence-electron chi connectivity index (χ2n) is 6.24. The number of nitriles is 1. The van der Waals surface area contributed by atoms with Crippen molar-refractivity contribution in [3.8, 4) is 17.2 Å². The number of rotatable bonds is 8. The van der Waals surface area contributed by atoms with Gasteiger partial charge in [-0.1, -0.05) is 26.0 Å². The molecule has 2 aromatic rings. The first kappa shape index (κ1) is 19.7. The Hall–Kier alpha value is -2.62. The number of nitrogens with zero attached hydrogens (tertiary/aromatic N) is 2. The minimum Gasteiger partial charge on any atom is -0.390 e.